The van der Waals surface area contributed by atoms with Crippen LogP contribution >= 0.6 is 0 Å². The average molecular weight is 278 g/mol. The molecule has 3 rings (SSSR count). The summed E-state index contributed by atoms with van der Waals surface area (Å²) in [6.45, 7) is 0. The number of hydrogen-bond donors (Lipinski definition) is 0. The first kappa shape index (κ1) is 13.3. The number of fused-ring (bicyclic) bond motifs is 1. The maximum atomic E-state index is 10.7. The van der Waals surface area contributed by atoms with Crippen LogP contribution in [0.3, 0.4) is 0 Å². The highest BCUT2D eigenvalue weighted by molar-refractivity contribution is 5.40. The molecule has 2 aromatic carbocycles. The third-order valence-electron chi connectivity index (χ3n) is 4.10. The topological polar surface area (TPSA) is 66.9 Å². The van der Waals surface area contributed by atoms with Gasteiger partial charge in [-0.25, -0.2) is 0 Å². The Morgan fingerprint density at radius 3 is 2.14 bits per heavy atom. The molecule has 0 fully saturated rings. The number of nitro groups is 1. The van der Waals surface area contributed by atoms with Crippen LogP contribution in [0.2, 0.25) is 0 Å². The summed E-state index contributed by atoms with van der Waals surface area (Å²) >= 11 is 0. The SMILES string of the molecule is N#CC1(Cc2ccc([N+](=O)[O-])cc2)Cc2ccccc2C1. The van der Waals surface area contributed by atoms with E-state index in [1.165, 1.54) is 23.3 Å². The van der Waals surface area contributed by atoms with Crippen molar-refractivity contribution in [2.45, 2.75) is 19.3 Å². The minimum absolute atomic E-state index is 0.0828. The molecule has 1 aliphatic carbocycles. The van der Waals surface area contributed by atoms with E-state index in [9.17, 15) is 15.4 Å². The Balaban J connectivity index is 1.83. The van der Waals surface area contributed by atoms with E-state index in [0.29, 0.717) is 6.42 Å². The van der Waals surface area contributed by atoms with Crippen molar-refractivity contribution < 1.29 is 4.92 Å². The van der Waals surface area contributed by atoms with E-state index in [1.54, 1.807) is 12.1 Å². The van der Waals surface area contributed by atoms with Gasteiger partial charge in [-0.15, -0.1) is 0 Å². The van der Waals surface area contributed by atoms with Crippen LogP contribution < -0.4 is 0 Å². The van der Waals surface area contributed by atoms with Gasteiger partial charge >= 0.3 is 0 Å². The molecule has 0 amide bonds. The minimum atomic E-state index is -0.431. The Bertz CT molecular complexity index is 704. The van der Waals surface area contributed by atoms with E-state index in [-0.39, 0.29) is 5.69 Å². The summed E-state index contributed by atoms with van der Waals surface area (Å²) in [4.78, 5) is 10.3. The maximum absolute atomic E-state index is 10.7. The van der Waals surface area contributed by atoms with E-state index in [2.05, 4.69) is 18.2 Å². The van der Waals surface area contributed by atoms with Crippen LogP contribution in [-0.2, 0) is 19.3 Å². The zero-order chi connectivity index (χ0) is 14.9. The molecule has 0 saturated heterocycles. The van der Waals surface area contributed by atoms with Gasteiger partial charge in [-0.1, -0.05) is 36.4 Å². The van der Waals surface area contributed by atoms with Gasteiger partial charge in [0, 0.05) is 12.1 Å². The minimum Gasteiger partial charge on any atom is -0.258 e. The summed E-state index contributed by atoms with van der Waals surface area (Å²) in [6.07, 6.45) is 2.11. The van der Waals surface area contributed by atoms with Gasteiger partial charge in [-0.05, 0) is 36.0 Å². The summed E-state index contributed by atoms with van der Waals surface area (Å²) in [5, 5.41) is 20.3. The lowest BCUT2D eigenvalue weighted by molar-refractivity contribution is -0.384. The molecule has 0 saturated carbocycles. The molecular formula is C17H14N2O2. The van der Waals surface area contributed by atoms with Gasteiger partial charge in [0.05, 0.1) is 16.4 Å². The largest absolute Gasteiger partial charge is 0.269 e. The lowest BCUT2D eigenvalue weighted by Gasteiger charge is -2.20. The molecular weight excluding hydrogens is 264 g/mol. The van der Waals surface area contributed by atoms with Crippen molar-refractivity contribution in [3.05, 3.63) is 75.3 Å². The molecule has 4 nitrogen and oxygen atoms in total. The maximum Gasteiger partial charge on any atom is 0.269 e. The Morgan fingerprint density at radius 1 is 1.10 bits per heavy atom. The molecule has 0 heterocycles. The third kappa shape index (κ3) is 2.50. The molecule has 4 heteroatoms. The normalized spacial score (nSPS) is 15.2. The van der Waals surface area contributed by atoms with Gasteiger partial charge in [0.1, 0.15) is 0 Å². The first-order valence-corrected chi connectivity index (χ1v) is 6.83. The zero-order valence-corrected chi connectivity index (χ0v) is 11.5. The van der Waals surface area contributed by atoms with Crippen LogP contribution in [-0.4, -0.2) is 4.92 Å². The van der Waals surface area contributed by atoms with Crippen LogP contribution in [0.5, 0.6) is 0 Å². The molecule has 104 valence electrons. The first-order valence-electron chi connectivity index (χ1n) is 6.83. The second kappa shape index (κ2) is 5.02. The van der Waals surface area contributed by atoms with Gasteiger partial charge in [-0.2, -0.15) is 5.26 Å². The van der Waals surface area contributed by atoms with Crippen molar-refractivity contribution in [2.75, 3.05) is 0 Å². The summed E-state index contributed by atoms with van der Waals surface area (Å²) in [7, 11) is 0. The molecule has 0 aliphatic heterocycles. The average Bonchev–Trinajstić information content (AvgIpc) is 2.86. The fourth-order valence-electron chi connectivity index (χ4n) is 3.06. The monoisotopic (exact) mass is 278 g/mol. The second-order valence-corrected chi connectivity index (χ2v) is 5.61. The summed E-state index contributed by atoms with van der Waals surface area (Å²) in [5.74, 6) is 0. The highest BCUT2D eigenvalue weighted by atomic mass is 16.6. The van der Waals surface area contributed by atoms with Gasteiger partial charge in [-0.3, -0.25) is 10.1 Å². The second-order valence-electron chi connectivity index (χ2n) is 5.61. The first-order chi connectivity index (χ1) is 10.1. The molecule has 0 N–H and O–H groups in total. The number of hydrogen-bond acceptors (Lipinski definition) is 3. The Morgan fingerprint density at radius 2 is 1.67 bits per heavy atom. The lowest BCUT2D eigenvalue weighted by atomic mass is 9.80. The molecule has 0 aromatic heterocycles. The predicted octanol–water partition coefficient (Wildman–Crippen LogP) is 3.45. The van der Waals surface area contributed by atoms with Crippen LogP contribution in [0.15, 0.2) is 48.5 Å². The number of nitriles is 1. The standard InChI is InChI=1S/C17H14N2O2/c18-12-17(10-14-3-1-2-4-15(14)11-17)9-13-5-7-16(8-6-13)19(20)21/h1-8H,9-11H2. The molecule has 0 atom stereocenters. The Kier molecular flexibility index (Phi) is 3.19. The van der Waals surface area contributed by atoms with E-state index in [1.807, 2.05) is 12.1 Å². The van der Waals surface area contributed by atoms with Gasteiger partial charge in [0.25, 0.3) is 5.69 Å². The number of benzene rings is 2. The summed E-state index contributed by atoms with van der Waals surface area (Å²) < 4.78 is 0. The molecule has 0 spiro atoms. The van der Waals surface area contributed by atoms with Gasteiger partial charge < -0.3 is 0 Å². The lowest BCUT2D eigenvalue weighted by Crippen LogP contribution is -2.22. The van der Waals surface area contributed by atoms with Crippen molar-refractivity contribution in [1.82, 2.24) is 0 Å². The highest BCUT2D eigenvalue weighted by Crippen LogP contribution is 2.39. The molecule has 1 aliphatic rings. The summed E-state index contributed by atoms with van der Waals surface area (Å²) in [6, 6.07) is 17.1. The number of non-ortho nitro benzene ring substituents is 1. The fraction of sp³-hybridized carbons (Fsp3) is 0.235. The van der Waals surface area contributed by atoms with Crippen molar-refractivity contribution in [3.63, 3.8) is 0 Å². The molecule has 0 bridgehead atoms. The van der Waals surface area contributed by atoms with E-state index >= 15 is 0 Å². The fourth-order valence-corrected chi connectivity index (χ4v) is 3.06. The summed E-state index contributed by atoms with van der Waals surface area (Å²) in [5.41, 5.74) is 3.09. The van der Waals surface area contributed by atoms with Crippen LogP contribution in [0.4, 0.5) is 5.69 Å². The quantitative estimate of drug-likeness (QED) is 0.638. The number of nitro benzene ring substituents is 1. The van der Waals surface area contributed by atoms with Crippen molar-refractivity contribution in [1.29, 1.82) is 5.26 Å². The zero-order valence-electron chi connectivity index (χ0n) is 11.5. The number of nitrogens with zero attached hydrogens (tertiary/aromatic N) is 2. The smallest absolute Gasteiger partial charge is 0.258 e. The molecule has 2 aromatic rings. The highest BCUT2D eigenvalue weighted by Gasteiger charge is 2.37. The van der Waals surface area contributed by atoms with E-state index < -0.39 is 10.3 Å². The van der Waals surface area contributed by atoms with Crippen molar-refractivity contribution in [3.8, 4) is 6.07 Å². The molecule has 0 unspecified atom stereocenters. The predicted molar refractivity (Wildman–Crippen MR) is 78.7 cm³/mol. The molecule has 0 radical (unpaired) electrons. The van der Waals surface area contributed by atoms with Gasteiger partial charge in [0.15, 0.2) is 0 Å². The van der Waals surface area contributed by atoms with E-state index in [4.69, 9.17) is 0 Å². The number of rotatable bonds is 3. The molecule has 21 heavy (non-hydrogen) atoms. The van der Waals surface area contributed by atoms with Crippen LogP contribution in [0.1, 0.15) is 16.7 Å². The van der Waals surface area contributed by atoms with Crippen molar-refractivity contribution in [2.24, 2.45) is 5.41 Å². The Hall–Kier alpha value is -2.67. The van der Waals surface area contributed by atoms with Crippen LogP contribution in [0, 0.1) is 26.9 Å². The van der Waals surface area contributed by atoms with Crippen LogP contribution in [0.25, 0.3) is 0 Å². The van der Waals surface area contributed by atoms with Gasteiger partial charge in [0.2, 0.25) is 0 Å². The third-order valence-corrected chi connectivity index (χ3v) is 4.10. The van der Waals surface area contributed by atoms with E-state index in [0.717, 1.165) is 18.4 Å². The van der Waals surface area contributed by atoms with Crippen molar-refractivity contribution >= 4 is 5.69 Å². The Labute approximate surface area is 122 Å².